The predicted octanol–water partition coefficient (Wildman–Crippen LogP) is 4.50. The lowest BCUT2D eigenvalue weighted by Gasteiger charge is -2.07. The van der Waals surface area contributed by atoms with Gasteiger partial charge in [0.15, 0.2) is 0 Å². The molecule has 3 rings (SSSR count). The van der Waals surface area contributed by atoms with Gasteiger partial charge in [0, 0.05) is 6.07 Å². The number of rotatable bonds is 3. The molecular formula is C17H11FN2O4. The predicted molar refractivity (Wildman–Crippen MR) is 86.6 cm³/mol. The van der Waals surface area contributed by atoms with E-state index >= 15 is 0 Å². The molecule has 0 fully saturated rings. The van der Waals surface area contributed by atoms with Gasteiger partial charge < -0.3 is 4.74 Å². The van der Waals surface area contributed by atoms with Crippen LogP contribution in [0, 0.1) is 15.9 Å². The smallest absolute Gasteiger partial charge is 0.410 e. The number of hydrogen-bond acceptors (Lipinski definition) is 4. The molecule has 0 radical (unpaired) electrons. The number of hydrogen-bond donors (Lipinski definition) is 1. The minimum atomic E-state index is -0.978. The van der Waals surface area contributed by atoms with Crippen LogP contribution < -0.4 is 10.1 Å². The van der Waals surface area contributed by atoms with Gasteiger partial charge in [0.2, 0.25) is 5.82 Å². The van der Waals surface area contributed by atoms with Crippen LogP contribution in [0.25, 0.3) is 10.8 Å². The Balaban J connectivity index is 1.75. The third kappa shape index (κ3) is 3.30. The number of nitro groups is 1. The average molecular weight is 326 g/mol. The Labute approximate surface area is 135 Å². The Kier molecular flexibility index (Phi) is 4.07. The lowest BCUT2D eigenvalue weighted by atomic mass is 10.1. The molecule has 0 unspecified atom stereocenters. The standard InChI is InChI=1S/C17H11FN2O4/c18-15-8-6-13(10-16(15)20(22)23)19-17(21)24-14-7-5-11-3-1-2-4-12(11)9-14/h1-10H,(H,19,21). The number of nitrogens with zero attached hydrogens (tertiary/aromatic N) is 1. The molecule has 24 heavy (non-hydrogen) atoms. The zero-order valence-corrected chi connectivity index (χ0v) is 12.2. The molecule has 3 aromatic carbocycles. The molecule has 0 saturated carbocycles. The maximum absolute atomic E-state index is 13.3. The fourth-order valence-electron chi connectivity index (χ4n) is 2.21. The van der Waals surface area contributed by atoms with E-state index in [4.69, 9.17) is 4.74 Å². The molecule has 0 aliphatic heterocycles. The van der Waals surface area contributed by atoms with Gasteiger partial charge >= 0.3 is 11.8 Å². The summed E-state index contributed by atoms with van der Waals surface area (Å²) < 4.78 is 18.4. The summed E-state index contributed by atoms with van der Waals surface area (Å²) in [6.07, 6.45) is -0.828. The van der Waals surface area contributed by atoms with Crippen molar-refractivity contribution in [3.8, 4) is 5.75 Å². The summed E-state index contributed by atoms with van der Waals surface area (Å²) in [4.78, 5) is 21.7. The van der Waals surface area contributed by atoms with E-state index < -0.39 is 22.5 Å². The number of amides is 1. The maximum atomic E-state index is 13.3. The number of ether oxygens (including phenoxy) is 1. The molecule has 0 bridgehead atoms. The van der Waals surface area contributed by atoms with Crippen molar-refractivity contribution < 1.29 is 18.8 Å². The van der Waals surface area contributed by atoms with Crippen molar-refractivity contribution >= 4 is 28.2 Å². The molecule has 1 amide bonds. The second-order valence-corrected chi connectivity index (χ2v) is 4.95. The van der Waals surface area contributed by atoms with E-state index in [2.05, 4.69) is 5.32 Å². The molecule has 0 saturated heterocycles. The molecule has 6 nitrogen and oxygen atoms in total. The summed E-state index contributed by atoms with van der Waals surface area (Å²) >= 11 is 0. The van der Waals surface area contributed by atoms with Crippen molar-refractivity contribution in [1.82, 2.24) is 0 Å². The first-order valence-corrected chi connectivity index (χ1v) is 6.94. The first kappa shape index (κ1) is 15.4. The number of carbonyl (C=O) groups is 1. The number of fused-ring (bicyclic) bond motifs is 1. The molecule has 3 aromatic rings. The Hall–Kier alpha value is -3.48. The van der Waals surface area contributed by atoms with Crippen LogP contribution in [0.1, 0.15) is 0 Å². The summed E-state index contributed by atoms with van der Waals surface area (Å²) in [5.74, 6) is -0.656. The first-order chi connectivity index (χ1) is 11.5. The minimum Gasteiger partial charge on any atom is -0.410 e. The van der Waals surface area contributed by atoms with Crippen molar-refractivity contribution in [1.29, 1.82) is 0 Å². The largest absolute Gasteiger partial charge is 0.417 e. The minimum absolute atomic E-state index is 0.0638. The first-order valence-electron chi connectivity index (χ1n) is 6.94. The molecule has 0 aromatic heterocycles. The van der Waals surface area contributed by atoms with Crippen molar-refractivity contribution in [2.45, 2.75) is 0 Å². The van der Waals surface area contributed by atoms with Gasteiger partial charge in [0.25, 0.3) is 0 Å². The number of nitrogens with one attached hydrogen (secondary N) is 1. The Morgan fingerprint density at radius 1 is 1.04 bits per heavy atom. The van der Waals surface area contributed by atoms with Gasteiger partial charge in [-0.2, -0.15) is 4.39 Å². The van der Waals surface area contributed by atoms with Crippen molar-refractivity contribution in [3.05, 3.63) is 76.6 Å². The topological polar surface area (TPSA) is 81.5 Å². The highest BCUT2D eigenvalue weighted by Gasteiger charge is 2.15. The van der Waals surface area contributed by atoms with Gasteiger partial charge in [0.05, 0.1) is 10.6 Å². The molecule has 0 aliphatic rings. The van der Waals surface area contributed by atoms with Crippen molar-refractivity contribution in [2.75, 3.05) is 5.32 Å². The maximum Gasteiger partial charge on any atom is 0.417 e. The Bertz CT molecular complexity index is 943. The van der Waals surface area contributed by atoms with Crippen LogP contribution in [-0.4, -0.2) is 11.0 Å². The highest BCUT2D eigenvalue weighted by Crippen LogP contribution is 2.23. The molecular weight excluding hydrogens is 315 g/mol. The Morgan fingerprint density at radius 3 is 2.54 bits per heavy atom. The molecule has 0 aliphatic carbocycles. The molecule has 1 N–H and O–H groups in total. The molecule has 0 heterocycles. The van der Waals surface area contributed by atoms with E-state index in [0.29, 0.717) is 5.75 Å². The molecule has 0 atom stereocenters. The van der Waals surface area contributed by atoms with Crippen molar-refractivity contribution in [2.24, 2.45) is 0 Å². The lowest BCUT2D eigenvalue weighted by Crippen LogP contribution is -2.16. The van der Waals surface area contributed by atoms with Crippen LogP contribution in [0.2, 0.25) is 0 Å². The van der Waals surface area contributed by atoms with Gasteiger partial charge in [-0.25, -0.2) is 4.79 Å². The monoisotopic (exact) mass is 326 g/mol. The van der Waals surface area contributed by atoms with Crippen LogP contribution in [-0.2, 0) is 0 Å². The van der Waals surface area contributed by atoms with Crippen LogP contribution >= 0.6 is 0 Å². The lowest BCUT2D eigenvalue weighted by molar-refractivity contribution is -0.387. The number of halogens is 1. The summed E-state index contributed by atoms with van der Waals surface area (Å²) in [5, 5.41) is 14.9. The number of benzene rings is 3. The average Bonchev–Trinajstić information content (AvgIpc) is 2.56. The second-order valence-electron chi connectivity index (χ2n) is 4.95. The molecule has 120 valence electrons. The van der Waals surface area contributed by atoms with Crippen LogP contribution in [0.15, 0.2) is 60.7 Å². The quantitative estimate of drug-likeness (QED) is 0.567. The van der Waals surface area contributed by atoms with E-state index in [1.54, 1.807) is 18.2 Å². The summed E-state index contributed by atoms with van der Waals surface area (Å²) in [7, 11) is 0. The normalized spacial score (nSPS) is 10.4. The SMILES string of the molecule is O=C(Nc1ccc(F)c([N+](=O)[O-])c1)Oc1ccc2ccccc2c1. The summed E-state index contributed by atoms with van der Waals surface area (Å²) in [6, 6.07) is 15.8. The number of carbonyl (C=O) groups excluding carboxylic acids is 1. The zero-order valence-electron chi connectivity index (χ0n) is 12.2. The summed E-state index contributed by atoms with van der Waals surface area (Å²) in [6.45, 7) is 0. The second kappa shape index (κ2) is 6.33. The highest BCUT2D eigenvalue weighted by atomic mass is 19.1. The van der Waals surface area contributed by atoms with E-state index in [1.807, 2.05) is 24.3 Å². The molecule has 7 heteroatoms. The fourth-order valence-corrected chi connectivity index (χ4v) is 2.21. The highest BCUT2D eigenvalue weighted by molar-refractivity contribution is 5.88. The zero-order chi connectivity index (χ0) is 17.1. The van der Waals surface area contributed by atoms with Crippen LogP contribution in [0.5, 0.6) is 5.75 Å². The number of anilines is 1. The third-order valence-electron chi connectivity index (χ3n) is 3.32. The van der Waals surface area contributed by atoms with Gasteiger partial charge in [0.1, 0.15) is 5.75 Å². The van der Waals surface area contributed by atoms with E-state index in [0.717, 1.165) is 22.9 Å². The van der Waals surface area contributed by atoms with Gasteiger partial charge in [-0.15, -0.1) is 0 Å². The van der Waals surface area contributed by atoms with Crippen molar-refractivity contribution in [3.63, 3.8) is 0 Å². The summed E-state index contributed by atoms with van der Waals surface area (Å²) in [5.41, 5.74) is -0.660. The molecule has 0 spiro atoms. The van der Waals surface area contributed by atoms with Gasteiger partial charge in [-0.3, -0.25) is 15.4 Å². The van der Waals surface area contributed by atoms with Crippen LogP contribution in [0.4, 0.5) is 20.6 Å². The fraction of sp³-hybridized carbons (Fsp3) is 0. The van der Waals surface area contributed by atoms with E-state index in [9.17, 15) is 19.3 Å². The third-order valence-corrected chi connectivity index (χ3v) is 3.32. The van der Waals surface area contributed by atoms with E-state index in [-0.39, 0.29) is 5.69 Å². The van der Waals surface area contributed by atoms with Gasteiger partial charge in [-0.1, -0.05) is 30.3 Å². The van der Waals surface area contributed by atoms with Crippen LogP contribution in [0.3, 0.4) is 0 Å². The number of nitro benzene ring substituents is 1. The van der Waals surface area contributed by atoms with Gasteiger partial charge in [-0.05, 0) is 35.0 Å². The Morgan fingerprint density at radius 2 is 1.79 bits per heavy atom. The van der Waals surface area contributed by atoms with E-state index in [1.165, 1.54) is 6.07 Å².